The average Bonchev–Trinajstić information content (AvgIpc) is 3.57. The van der Waals surface area contributed by atoms with E-state index in [-0.39, 0.29) is 41.9 Å². The molecule has 31 heavy (non-hydrogen) atoms. The number of hydrogen-bond donors (Lipinski definition) is 1. The van der Waals surface area contributed by atoms with Crippen LogP contribution < -0.4 is 10.1 Å². The van der Waals surface area contributed by atoms with Crippen LogP contribution in [0.2, 0.25) is 0 Å². The Hall–Kier alpha value is -2.90. The molecule has 8 heteroatoms. The van der Waals surface area contributed by atoms with Gasteiger partial charge in [0.25, 0.3) is 12.3 Å². The van der Waals surface area contributed by atoms with Gasteiger partial charge in [-0.15, -0.1) is 0 Å². The first-order valence-corrected chi connectivity index (χ1v) is 10.4. The SMILES string of the molecule is CC(C)C(=O)Cc1cc(C(=O)NC(C)c2cnc(OCC(F)F)c(C3CC3)c2)ccn1. The lowest BCUT2D eigenvalue weighted by Gasteiger charge is -2.17. The number of amides is 1. The molecule has 2 aromatic heterocycles. The fourth-order valence-corrected chi connectivity index (χ4v) is 3.13. The molecule has 1 fully saturated rings. The molecule has 0 radical (unpaired) electrons. The number of halogens is 2. The minimum Gasteiger partial charge on any atom is -0.471 e. The summed E-state index contributed by atoms with van der Waals surface area (Å²) < 4.78 is 30.2. The largest absolute Gasteiger partial charge is 0.471 e. The maximum absolute atomic E-state index is 12.7. The second kappa shape index (κ2) is 9.94. The molecule has 3 rings (SSSR count). The van der Waals surface area contributed by atoms with Crippen molar-refractivity contribution >= 4 is 11.7 Å². The van der Waals surface area contributed by atoms with E-state index in [1.165, 1.54) is 12.4 Å². The number of alkyl halides is 2. The van der Waals surface area contributed by atoms with E-state index < -0.39 is 13.0 Å². The van der Waals surface area contributed by atoms with Crippen LogP contribution in [0, 0.1) is 5.92 Å². The van der Waals surface area contributed by atoms with Crippen molar-refractivity contribution in [3.63, 3.8) is 0 Å². The normalized spacial score (nSPS) is 14.5. The molecular weight excluding hydrogens is 404 g/mol. The first kappa shape index (κ1) is 22.8. The van der Waals surface area contributed by atoms with E-state index in [1.54, 1.807) is 12.1 Å². The van der Waals surface area contributed by atoms with E-state index in [0.29, 0.717) is 11.3 Å². The lowest BCUT2D eigenvalue weighted by atomic mass is 10.0. The molecule has 1 amide bonds. The van der Waals surface area contributed by atoms with Crippen molar-refractivity contribution in [3.05, 3.63) is 53.0 Å². The Bertz CT molecular complexity index is 945. The zero-order valence-electron chi connectivity index (χ0n) is 17.9. The summed E-state index contributed by atoms with van der Waals surface area (Å²) in [6.07, 6.45) is 2.61. The number of aromatic nitrogens is 2. The Balaban J connectivity index is 1.69. The maximum Gasteiger partial charge on any atom is 0.272 e. The number of hydrogen-bond acceptors (Lipinski definition) is 5. The predicted octanol–water partition coefficient (Wildman–Crippen LogP) is 4.26. The van der Waals surface area contributed by atoms with Crippen LogP contribution in [-0.4, -0.2) is 34.7 Å². The summed E-state index contributed by atoms with van der Waals surface area (Å²) >= 11 is 0. The van der Waals surface area contributed by atoms with Gasteiger partial charge in [-0.3, -0.25) is 14.6 Å². The van der Waals surface area contributed by atoms with E-state index in [2.05, 4.69) is 15.3 Å². The summed E-state index contributed by atoms with van der Waals surface area (Å²) in [5, 5.41) is 2.92. The monoisotopic (exact) mass is 431 g/mol. The van der Waals surface area contributed by atoms with Crippen molar-refractivity contribution in [2.24, 2.45) is 5.92 Å². The molecule has 1 atom stereocenters. The van der Waals surface area contributed by atoms with Crippen molar-refractivity contribution in [2.45, 2.75) is 58.4 Å². The molecule has 2 aromatic rings. The van der Waals surface area contributed by atoms with Gasteiger partial charge in [-0.1, -0.05) is 13.8 Å². The van der Waals surface area contributed by atoms with Crippen LogP contribution in [-0.2, 0) is 11.2 Å². The third-order valence-corrected chi connectivity index (χ3v) is 5.19. The molecule has 1 aliphatic rings. The topological polar surface area (TPSA) is 81.2 Å². The van der Waals surface area contributed by atoms with Crippen molar-refractivity contribution < 1.29 is 23.1 Å². The molecule has 1 N–H and O–H groups in total. The minimum absolute atomic E-state index is 0.0613. The molecule has 6 nitrogen and oxygen atoms in total. The van der Waals surface area contributed by atoms with Gasteiger partial charge in [0.2, 0.25) is 5.88 Å². The Morgan fingerprint density at radius 1 is 1.19 bits per heavy atom. The van der Waals surface area contributed by atoms with Crippen LogP contribution in [0.4, 0.5) is 8.78 Å². The van der Waals surface area contributed by atoms with E-state index in [4.69, 9.17) is 4.74 Å². The number of nitrogens with zero attached hydrogens (tertiary/aromatic N) is 2. The van der Waals surface area contributed by atoms with Crippen molar-refractivity contribution in [1.29, 1.82) is 0 Å². The molecule has 0 saturated heterocycles. The lowest BCUT2D eigenvalue weighted by molar-refractivity contribution is -0.121. The molecule has 1 saturated carbocycles. The van der Waals surface area contributed by atoms with Gasteiger partial charge in [0.05, 0.1) is 6.04 Å². The highest BCUT2D eigenvalue weighted by Gasteiger charge is 2.29. The summed E-state index contributed by atoms with van der Waals surface area (Å²) in [5.41, 5.74) is 2.54. The van der Waals surface area contributed by atoms with Crippen LogP contribution in [0.15, 0.2) is 30.6 Å². The van der Waals surface area contributed by atoms with E-state index in [0.717, 1.165) is 24.0 Å². The third kappa shape index (κ3) is 6.29. The van der Waals surface area contributed by atoms with Crippen LogP contribution in [0.25, 0.3) is 0 Å². The van der Waals surface area contributed by atoms with Gasteiger partial charge in [0, 0.05) is 41.6 Å². The van der Waals surface area contributed by atoms with Crippen molar-refractivity contribution in [1.82, 2.24) is 15.3 Å². The molecule has 2 heterocycles. The van der Waals surface area contributed by atoms with Gasteiger partial charge in [-0.25, -0.2) is 13.8 Å². The van der Waals surface area contributed by atoms with Crippen molar-refractivity contribution in [3.8, 4) is 5.88 Å². The summed E-state index contributed by atoms with van der Waals surface area (Å²) in [4.78, 5) is 33.1. The lowest BCUT2D eigenvalue weighted by Crippen LogP contribution is -2.27. The summed E-state index contributed by atoms with van der Waals surface area (Å²) in [6.45, 7) is 4.79. The van der Waals surface area contributed by atoms with Crippen LogP contribution in [0.3, 0.4) is 0 Å². The maximum atomic E-state index is 12.7. The van der Waals surface area contributed by atoms with Crippen molar-refractivity contribution in [2.75, 3.05) is 6.61 Å². The Morgan fingerprint density at radius 2 is 1.94 bits per heavy atom. The predicted molar refractivity (Wildman–Crippen MR) is 111 cm³/mol. The second-order valence-electron chi connectivity index (χ2n) is 8.17. The number of pyridine rings is 2. The van der Waals surface area contributed by atoms with E-state index in [9.17, 15) is 18.4 Å². The summed E-state index contributed by atoms with van der Waals surface area (Å²) in [6, 6.07) is 4.74. The van der Waals surface area contributed by atoms with Gasteiger partial charge in [-0.05, 0) is 49.4 Å². The fourth-order valence-electron chi connectivity index (χ4n) is 3.13. The van der Waals surface area contributed by atoms with Gasteiger partial charge >= 0.3 is 0 Å². The number of Topliss-reactive ketones (excluding diaryl/α,β-unsaturated/α-hetero) is 1. The standard InChI is InChI=1S/C23H27F2N3O3/c1-13(2)20(29)10-18-8-16(6-7-26-18)22(30)28-14(3)17-9-19(15-4-5-15)23(27-11-17)31-12-21(24)25/h6-9,11,13-15,21H,4-5,10,12H2,1-3H3,(H,28,30). The molecule has 0 aliphatic heterocycles. The highest BCUT2D eigenvalue weighted by Crippen LogP contribution is 2.44. The first-order valence-electron chi connectivity index (χ1n) is 10.4. The fraction of sp³-hybridized carbons (Fsp3) is 0.478. The Labute approximate surface area is 180 Å². The van der Waals surface area contributed by atoms with Crippen LogP contribution >= 0.6 is 0 Å². The zero-order chi connectivity index (χ0) is 22.5. The van der Waals surface area contributed by atoms with Gasteiger partial charge in [-0.2, -0.15) is 0 Å². The second-order valence-corrected chi connectivity index (χ2v) is 8.17. The molecule has 0 aromatic carbocycles. The Morgan fingerprint density at radius 3 is 2.58 bits per heavy atom. The number of ketones is 1. The molecular formula is C23H27F2N3O3. The molecule has 0 spiro atoms. The van der Waals surface area contributed by atoms with Crippen LogP contribution in [0.1, 0.15) is 72.8 Å². The third-order valence-electron chi connectivity index (χ3n) is 5.19. The summed E-state index contributed by atoms with van der Waals surface area (Å²) in [7, 11) is 0. The smallest absolute Gasteiger partial charge is 0.272 e. The quantitative estimate of drug-likeness (QED) is 0.608. The Kier molecular flexibility index (Phi) is 7.30. The number of rotatable bonds is 10. The zero-order valence-corrected chi connectivity index (χ0v) is 17.9. The highest BCUT2D eigenvalue weighted by atomic mass is 19.3. The molecule has 0 bridgehead atoms. The highest BCUT2D eigenvalue weighted by molar-refractivity contribution is 5.94. The number of carbonyl (C=O) groups is 2. The molecule has 1 unspecified atom stereocenters. The van der Waals surface area contributed by atoms with E-state index in [1.807, 2.05) is 26.8 Å². The van der Waals surface area contributed by atoms with Gasteiger partial charge in [0.15, 0.2) is 6.61 Å². The van der Waals surface area contributed by atoms with Crippen LogP contribution in [0.5, 0.6) is 5.88 Å². The van der Waals surface area contributed by atoms with Gasteiger partial charge < -0.3 is 10.1 Å². The average molecular weight is 431 g/mol. The minimum atomic E-state index is -2.56. The first-order chi connectivity index (χ1) is 14.7. The van der Waals surface area contributed by atoms with Gasteiger partial charge in [0.1, 0.15) is 5.78 Å². The number of ether oxygens (including phenoxy) is 1. The number of carbonyl (C=O) groups excluding carboxylic acids is 2. The summed E-state index contributed by atoms with van der Waals surface area (Å²) in [5.74, 6) is 0.161. The molecule has 166 valence electrons. The molecule has 1 aliphatic carbocycles. The van der Waals surface area contributed by atoms with E-state index >= 15 is 0 Å². The number of nitrogens with one attached hydrogen (secondary N) is 1.